The number of rotatable bonds is 6. The summed E-state index contributed by atoms with van der Waals surface area (Å²) in [7, 11) is 0. The van der Waals surface area contributed by atoms with Crippen LogP contribution < -0.4 is 5.32 Å². The average molecular weight is 235 g/mol. The van der Waals surface area contributed by atoms with Crippen LogP contribution in [0.4, 0.5) is 0 Å². The minimum atomic E-state index is -0.0311. The van der Waals surface area contributed by atoms with Crippen molar-refractivity contribution in [3.63, 3.8) is 0 Å². The van der Waals surface area contributed by atoms with E-state index >= 15 is 0 Å². The van der Waals surface area contributed by atoms with E-state index in [2.05, 4.69) is 36.5 Å². The highest BCUT2D eigenvalue weighted by molar-refractivity contribution is 5.78. The summed E-state index contributed by atoms with van der Waals surface area (Å²) >= 11 is 0. The molecule has 0 heterocycles. The van der Waals surface area contributed by atoms with Gasteiger partial charge in [-0.2, -0.15) is 0 Å². The van der Waals surface area contributed by atoms with Gasteiger partial charge < -0.3 is 10.4 Å². The summed E-state index contributed by atoms with van der Waals surface area (Å²) in [6.07, 6.45) is 1.37. The van der Waals surface area contributed by atoms with Gasteiger partial charge >= 0.3 is 0 Å². The molecule has 1 aromatic carbocycles. The number of carbonyl (C=O) groups is 1. The van der Waals surface area contributed by atoms with E-state index in [-0.39, 0.29) is 18.4 Å². The molecule has 0 aliphatic rings. The highest BCUT2D eigenvalue weighted by atomic mass is 16.3. The molecule has 1 unspecified atom stereocenters. The van der Waals surface area contributed by atoms with Gasteiger partial charge in [-0.05, 0) is 25.3 Å². The Hall–Kier alpha value is -1.35. The predicted octanol–water partition coefficient (Wildman–Crippen LogP) is 1.67. The average Bonchev–Trinajstić information content (AvgIpc) is 2.32. The second kappa shape index (κ2) is 7.07. The predicted molar refractivity (Wildman–Crippen MR) is 68.8 cm³/mol. The van der Waals surface area contributed by atoms with Crippen LogP contribution in [0.3, 0.4) is 0 Å². The Morgan fingerprint density at radius 2 is 2.00 bits per heavy atom. The maximum atomic E-state index is 11.7. The first-order valence-electron chi connectivity index (χ1n) is 6.07. The molecule has 0 saturated heterocycles. The van der Waals surface area contributed by atoms with Gasteiger partial charge in [-0.1, -0.05) is 36.8 Å². The quantitative estimate of drug-likeness (QED) is 0.737. The zero-order chi connectivity index (χ0) is 12.7. The monoisotopic (exact) mass is 235 g/mol. The molecule has 1 atom stereocenters. The number of aliphatic hydroxyl groups excluding tert-OH is 1. The van der Waals surface area contributed by atoms with E-state index in [1.807, 2.05) is 6.92 Å². The molecule has 0 aliphatic carbocycles. The summed E-state index contributed by atoms with van der Waals surface area (Å²) in [5.41, 5.74) is 2.41. The van der Waals surface area contributed by atoms with Crippen LogP contribution in [0.1, 0.15) is 24.5 Å². The number of aliphatic hydroxyl groups is 1. The molecule has 17 heavy (non-hydrogen) atoms. The maximum Gasteiger partial charge on any atom is 0.223 e. The summed E-state index contributed by atoms with van der Waals surface area (Å²) in [6, 6.07) is 8.25. The number of aryl methyl sites for hydroxylation is 1. The van der Waals surface area contributed by atoms with Gasteiger partial charge in [0.25, 0.3) is 0 Å². The maximum absolute atomic E-state index is 11.7. The highest BCUT2D eigenvalue weighted by Gasteiger charge is 2.12. The topological polar surface area (TPSA) is 49.3 Å². The third-order valence-electron chi connectivity index (χ3n) is 2.74. The lowest BCUT2D eigenvalue weighted by atomic mass is 9.99. The van der Waals surface area contributed by atoms with E-state index < -0.39 is 0 Å². The van der Waals surface area contributed by atoms with Crippen molar-refractivity contribution in [1.82, 2.24) is 5.32 Å². The van der Waals surface area contributed by atoms with E-state index in [0.29, 0.717) is 13.0 Å². The Kier molecular flexibility index (Phi) is 5.70. The van der Waals surface area contributed by atoms with Crippen molar-refractivity contribution in [2.45, 2.75) is 26.7 Å². The standard InChI is InChI=1S/C14H21NO2/c1-11-4-6-13(7-5-11)10-12(2)14(17)15-8-3-9-16/h4-7,12,16H,3,8-10H2,1-2H3,(H,15,17). The minimum Gasteiger partial charge on any atom is -0.396 e. The molecule has 0 aromatic heterocycles. The van der Waals surface area contributed by atoms with E-state index in [0.717, 1.165) is 6.42 Å². The van der Waals surface area contributed by atoms with Crippen LogP contribution >= 0.6 is 0 Å². The summed E-state index contributed by atoms with van der Waals surface area (Å²) in [6.45, 7) is 4.64. The minimum absolute atomic E-state index is 0.0311. The first kappa shape index (κ1) is 13.7. The molecule has 1 rings (SSSR count). The third kappa shape index (κ3) is 5.00. The molecule has 0 radical (unpaired) electrons. The molecule has 0 aliphatic heterocycles. The van der Waals surface area contributed by atoms with Gasteiger partial charge in [-0.3, -0.25) is 4.79 Å². The summed E-state index contributed by atoms with van der Waals surface area (Å²) in [4.78, 5) is 11.7. The van der Waals surface area contributed by atoms with Crippen molar-refractivity contribution >= 4 is 5.91 Å². The van der Waals surface area contributed by atoms with Crippen molar-refractivity contribution < 1.29 is 9.90 Å². The molecule has 3 nitrogen and oxygen atoms in total. The van der Waals surface area contributed by atoms with E-state index in [4.69, 9.17) is 5.11 Å². The number of benzene rings is 1. The lowest BCUT2D eigenvalue weighted by Gasteiger charge is -2.12. The lowest BCUT2D eigenvalue weighted by Crippen LogP contribution is -2.31. The van der Waals surface area contributed by atoms with Gasteiger partial charge in [0.05, 0.1) is 0 Å². The van der Waals surface area contributed by atoms with Crippen LogP contribution in [0.15, 0.2) is 24.3 Å². The molecular weight excluding hydrogens is 214 g/mol. The van der Waals surface area contributed by atoms with Crippen LogP contribution in [0.2, 0.25) is 0 Å². The lowest BCUT2D eigenvalue weighted by molar-refractivity contribution is -0.124. The molecule has 0 bridgehead atoms. The normalized spacial score (nSPS) is 12.2. The summed E-state index contributed by atoms with van der Waals surface area (Å²) in [5.74, 6) is 0.0235. The highest BCUT2D eigenvalue weighted by Crippen LogP contribution is 2.10. The van der Waals surface area contributed by atoms with Crippen LogP contribution in [-0.4, -0.2) is 24.2 Å². The fourth-order valence-electron chi connectivity index (χ4n) is 1.64. The van der Waals surface area contributed by atoms with E-state index in [1.165, 1.54) is 11.1 Å². The fourth-order valence-corrected chi connectivity index (χ4v) is 1.64. The summed E-state index contributed by atoms with van der Waals surface area (Å²) in [5, 5.41) is 11.4. The largest absolute Gasteiger partial charge is 0.396 e. The Morgan fingerprint density at radius 1 is 1.35 bits per heavy atom. The second-order valence-electron chi connectivity index (χ2n) is 4.46. The van der Waals surface area contributed by atoms with Gasteiger partial charge in [0.15, 0.2) is 0 Å². The Labute approximate surface area is 103 Å². The van der Waals surface area contributed by atoms with Crippen molar-refractivity contribution in [3.05, 3.63) is 35.4 Å². The Morgan fingerprint density at radius 3 is 2.59 bits per heavy atom. The number of hydrogen-bond acceptors (Lipinski definition) is 2. The molecule has 1 aromatic rings. The number of carbonyl (C=O) groups excluding carboxylic acids is 1. The van der Waals surface area contributed by atoms with E-state index in [1.54, 1.807) is 0 Å². The van der Waals surface area contributed by atoms with Gasteiger partial charge in [0.1, 0.15) is 0 Å². The first-order chi connectivity index (χ1) is 8.13. The fraction of sp³-hybridized carbons (Fsp3) is 0.500. The summed E-state index contributed by atoms with van der Waals surface area (Å²) < 4.78 is 0. The Balaban J connectivity index is 2.40. The zero-order valence-electron chi connectivity index (χ0n) is 10.6. The van der Waals surface area contributed by atoms with Gasteiger partial charge in [0, 0.05) is 19.1 Å². The molecule has 0 saturated carbocycles. The van der Waals surface area contributed by atoms with Crippen molar-refractivity contribution in [3.8, 4) is 0 Å². The van der Waals surface area contributed by atoms with Crippen LogP contribution in [0.25, 0.3) is 0 Å². The molecule has 94 valence electrons. The van der Waals surface area contributed by atoms with Crippen LogP contribution in [0, 0.1) is 12.8 Å². The number of hydrogen-bond donors (Lipinski definition) is 2. The molecule has 2 N–H and O–H groups in total. The van der Waals surface area contributed by atoms with Crippen molar-refractivity contribution in [1.29, 1.82) is 0 Å². The first-order valence-corrected chi connectivity index (χ1v) is 6.07. The molecule has 0 fully saturated rings. The van der Waals surface area contributed by atoms with Gasteiger partial charge in [-0.25, -0.2) is 0 Å². The molecular formula is C14H21NO2. The second-order valence-corrected chi connectivity index (χ2v) is 4.46. The van der Waals surface area contributed by atoms with Crippen molar-refractivity contribution in [2.24, 2.45) is 5.92 Å². The zero-order valence-corrected chi connectivity index (χ0v) is 10.6. The number of amides is 1. The third-order valence-corrected chi connectivity index (χ3v) is 2.74. The molecule has 1 amide bonds. The SMILES string of the molecule is Cc1ccc(CC(C)C(=O)NCCCO)cc1. The molecule has 3 heteroatoms. The van der Waals surface area contributed by atoms with Gasteiger partial charge in [0.2, 0.25) is 5.91 Å². The number of nitrogens with one attached hydrogen (secondary N) is 1. The van der Waals surface area contributed by atoms with Gasteiger partial charge in [-0.15, -0.1) is 0 Å². The van der Waals surface area contributed by atoms with E-state index in [9.17, 15) is 4.79 Å². The van der Waals surface area contributed by atoms with Crippen LogP contribution in [0.5, 0.6) is 0 Å². The Bertz CT molecular complexity index is 346. The van der Waals surface area contributed by atoms with Crippen LogP contribution in [-0.2, 0) is 11.2 Å². The molecule has 0 spiro atoms. The smallest absolute Gasteiger partial charge is 0.223 e. The van der Waals surface area contributed by atoms with Crippen molar-refractivity contribution in [2.75, 3.05) is 13.2 Å².